The molecule has 3 amide bonds. The van der Waals surface area contributed by atoms with Gasteiger partial charge in [0.05, 0.1) is 19.9 Å². The Morgan fingerprint density at radius 2 is 1.85 bits per heavy atom. The lowest BCUT2D eigenvalue weighted by Gasteiger charge is -2.19. The summed E-state index contributed by atoms with van der Waals surface area (Å²) in [6.45, 7) is 1.03. The summed E-state index contributed by atoms with van der Waals surface area (Å²) in [5.41, 5.74) is 1.33. The summed E-state index contributed by atoms with van der Waals surface area (Å²) in [6, 6.07) is 14.4. The molecule has 3 rings (SSSR count). The minimum absolute atomic E-state index is 0.0253. The van der Waals surface area contributed by atoms with Crippen molar-refractivity contribution in [3.63, 3.8) is 0 Å². The lowest BCUT2D eigenvalue weighted by molar-refractivity contribution is -0.116. The molecule has 1 aliphatic rings. The lowest BCUT2D eigenvalue weighted by atomic mass is 10.2. The van der Waals surface area contributed by atoms with E-state index in [0.29, 0.717) is 30.3 Å². The van der Waals surface area contributed by atoms with Crippen LogP contribution in [0.3, 0.4) is 0 Å². The zero-order valence-corrected chi connectivity index (χ0v) is 14.8. The summed E-state index contributed by atoms with van der Waals surface area (Å²) in [4.78, 5) is 28.1. The van der Waals surface area contributed by atoms with Gasteiger partial charge in [-0.3, -0.25) is 9.69 Å². The van der Waals surface area contributed by atoms with Crippen molar-refractivity contribution in [1.82, 2.24) is 4.90 Å². The van der Waals surface area contributed by atoms with Crippen molar-refractivity contribution < 1.29 is 19.1 Å². The highest BCUT2D eigenvalue weighted by Gasteiger charge is 2.30. The fraction of sp³-hybridized carbons (Fsp3) is 0.263. The number of hydrogen-bond donors (Lipinski definition) is 1. The fourth-order valence-corrected chi connectivity index (χ4v) is 2.85. The number of carbonyl (C=O) groups excluding carboxylic acids is 2. The number of ether oxygens (including phenoxy) is 2. The third kappa shape index (κ3) is 3.72. The molecule has 0 unspecified atom stereocenters. The number of urea groups is 1. The van der Waals surface area contributed by atoms with E-state index < -0.39 is 0 Å². The Morgan fingerprint density at radius 1 is 1.08 bits per heavy atom. The summed E-state index contributed by atoms with van der Waals surface area (Å²) in [5, 5.41) is 2.78. The Balaban J connectivity index is 1.65. The highest BCUT2D eigenvalue weighted by atomic mass is 16.5. The zero-order valence-electron chi connectivity index (χ0n) is 14.8. The molecule has 2 aromatic carbocycles. The highest BCUT2D eigenvalue weighted by Crippen LogP contribution is 2.29. The smallest absolute Gasteiger partial charge is 0.325 e. The number of nitrogens with one attached hydrogen (secondary N) is 1. The molecule has 1 aliphatic heterocycles. The molecule has 0 atom stereocenters. The molecule has 7 heteroatoms. The van der Waals surface area contributed by atoms with Crippen molar-refractivity contribution in [3.05, 3.63) is 48.5 Å². The van der Waals surface area contributed by atoms with Gasteiger partial charge in [-0.05, 0) is 24.3 Å². The van der Waals surface area contributed by atoms with Gasteiger partial charge in [-0.15, -0.1) is 0 Å². The SMILES string of the molecule is COc1ccc(OC)c(NC(=O)CN2CCN(c3ccccc3)C2=O)c1. The van der Waals surface area contributed by atoms with Crippen LogP contribution in [0.2, 0.25) is 0 Å². The maximum Gasteiger partial charge on any atom is 0.325 e. The first-order valence-corrected chi connectivity index (χ1v) is 8.25. The van der Waals surface area contributed by atoms with Crippen molar-refractivity contribution in [2.45, 2.75) is 0 Å². The zero-order chi connectivity index (χ0) is 18.5. The number of methoxy groups -OCH3 is 2. The van der Waals surface area contributed by atoms with Crippen molar-refractivity contribution in [2.75, 3.05) is 44.1 Å². The summed E-state index contributed by atoms with van der Waals surface area (Å²) in [6.07, 6.45) is 0. The maximum atomic E-state index is 12.5. The number of hydrogen-bond acceptors (Lipinski definition) is 4. The number of carbonyl (C=O) groups is 2. The molecule has 0 radical (unpaired) electrons. The quantitative estimate of drug-likeness (QED) is 0.865. The van der Waals surface area contributed by atoms with Gasteiger partial charge in [0, 0.05) is 24.8 Å². The number of para-hydroxylation sites is 1. The Hall–Kier alpha value is -3.22. The number of benzene rings is 2. The van der Waals surface area contributed by atoms with Gasteiger partial charge in [0.25, 0.3) is 0 Å². The summed E-state index contributed by atoms with van der Waals surface area (Å²) in [5.74, 6) is 0.839. The minimum Gasteiger partial charge on any atom is -0.497 e. The average Bonchev–Trinajstić information content (AvgIpc) is 3.02. The van der Waals surface area contributed by atoms with E-state index in [9.17, 15) is 9.59 Å². The first kappa shape index (κ1) is 17.6. The lowest BCUT2D eigenvalue weighted by Crippen LogP contribution is -2.37. The molecule has 1 fully saturated rings. The molecule has 0 bridgehead atoms. The predicted molar refractivity (Wildman–Crippen MR) is 98.9 cm³/mol. The highest BCUT2D eigenvalue weighted by molar-refractivity contribution is 6.00. The van der Waals surface area contributed by atoms with Crippen LogP contribution in [-0.2, 0) is 4.79 Å². The van der Waals surface area contributed by atoms with Gasteiger partial charge in [0.2, 0.25) is 5.91 Å². The van der Waals surface area contributed by atoms with Crippen molar-refractivity contribution >= 4 is 23.3 Å². The summed E-state index contributed by atoms with van der Waals surface area (Å²) >= 11 is 0. The van der Waals surface area contributed by atoms with E-state index in [1.807, 2.05) is 30.3 Å². The molecule has 26 heavy (non-hydrogen) atoms. The molecule has 0 aromatic heterocycles. The molecule has 0 spiro atoms. The van der Waals surface area contributed by atoms with Gasteiger partial charge in [-0.2, -0.15) is 0 Å². The Labute approximate surface area is 152 Å². The molecular formula is C19H21N3O4. The van der Waals surface area contributed by atoms with Crippen LogP contribution in [-0.4, -0.2) is 50.7 Å². The monoisotopic (exact) mass is 355 g/mol. The van der Waals surface area contributed by atoms with E-state index in [4.69, 9.17) is 9.47 Å². The van der Waals surface area contributed by atoms with Crippen LogP contribution in [0.5, 0.6) is 11.5 Å². The van der Waals surface area contributed by atoms with Crippen molar-refractivity contribution in [2.24, 2.45) is 0 Å². The first-order chi connectivity index (χ1) is 12.6. The first-order valence-electron chi connectivity index (χ1n) is 8.25. The van der Waals surface area contributed by atoms with Gasteiger partial charge in [0.15, 0.2) is 0 Å². The molecule has 136 valence electrons. The van der Waals surface area contributed by atoms with Gasteiger partial charge >= 0.3 is 6.03 Å². The number of rotatable bonds is 6. The van der Waals surface area contributed by atoms with Crippen LogP contribution < -0.4 is 19.7 Å². The summed E-state index contributed by atoms with van der Waals surface area (Å²) < 4.78 is 10.4. The second-order valence-electron chi connectivity index (χ2n) is 5.81. The van der Waals surface area contributed by atoms with Crippen molar-refractivity contribution in [3.8, 4) is 11.5 Å². The molecule has 0 aliphatic carbocycles. The van der Waals surface area contributed by atoms with E-state index >= 15 is 0 Å². The van der Waals surface area contributed by atoms with Crippen molar-refractivity contribution in [1.29, 1.82) is 0 Å². The predicted octanol–water partition coefficient (Wildman–Crippen LogP) is 2.58. The number of amides is 3. The van der Waals surface area contributed by atoms with Gasteiger partial charge in [0.1, 0.15) is 18.0 Å². The summed E-state index contributed by atoms with van der Waals surface area (Å²) in [7, 11) is 3.08. The fourth-order valence-electron chi connectivity index (χ4n) is 2.85. The Morgan fingerprint density at radius 3 is 2.54 bits per heavy atom. The average molecular weight is 355 g/mol. The van der Waals surface area contributed by atoms with E-state index in [1.54, 1.807) is 30.2 Å². The molecule has 0 saturated carbocycles. The maximum absolute atomic E-state index is 12.5. The van der Waals surface area contributed by atoms with Crippen LogP contribution >= 0.6 is 0 Å². The second kappa shape index (κ2) is 7.77. The van der Waals surface area contributed by atoms with E-state index in [1.165, 1.54) is 12.0 Å². The van der Waals surface area contributed by atoms with E-state index in [2.05, 4.69) is 5.32 Å². The number of nitrogens with zero attached hydrogens (tertiary/aromatic N) is 2. The normalized spacial score (nSPS) is 13.7. The molecule has 2 aromatic rings. The van der Waals surface area contributed by atoms with E-state index in [0.717, 1.165) is 5.69 Å². The third-order valence-electron chi connectivity index (χ3n) is 4.18. The largest absolute Gasteiger partial charge is 0.497 e. The van der Waals surface area contributed by atoms with Gasteiger partial charge in [-0.1, -0.05) is 18.2 Å². The molecule has 1 saturated heterocycles. The molecule has 1 heterocycles. The Bertz CT molecular complexity index is 795. The molecule has 7 nitrogen and oxygen atoms in total. The van der Waals surface area contributed by atoms with Crippen LogP contribution in [0.4, 0.5) is 16.2 Å². The van der Waals surface area contributed by atoms with Crippen LogP contribution in [0.25, 0.3) is 0 Å². The third-order valence-corrected chi connectivity index (χ3v) is 4.18. The number of anilines is 2. The standard InChI is InChI=1S/C19H21N3O4/c1-25-15-8-9-17(26-2)16(12-15)20-18(23)13-21-10-11-22(19(21)24)14-6-4-3-5-7-14/h3-9,12H,10-11,13H2,1-2H3,(H,20,23). The van der Waals surface area contributed by atoms with Crippen LogP contribution in [0.1, 0.15) is 0 Å². The van der Waals surface area contributed by atoms with Crippen LogP contribution in [0.15, 0.2) is 48.5 Å². The van der Waals surface area contributed by atoms with Crippen LogP contribution in [0, 0.1) is 0 Å². The molecule has 1 N–H and O–H groups in total. The Kier molecular flexibility index (Phi) is 5.26. The minimum atomic E-state index is -0.292. The molecular weight excluding hydrogens is 334 g/mol. The van der Waals surface area contributed by atoms with E-state index in [-0.39, 0.29) is 18.5 Å². The second-order valence-corrected chi connectivity index (χ2v) is 5.81. The van der Waals surface area contributed by atoms with Gasteiger partial charge < -0.3 is 19.7 Å². The topological polar surface area (TPSA) is 71.1 Å². The van der Waals surface area contributed by atoms with Gasteiger partial charge in [-0.25, -0.2) is 4.79 Å².